The average Bonchev–Trinajstić information content (AvgIpc) is 3.46. The fourth-order valence-electron chi connectivity index (χ4n) is 3.03. The Morgan fingerprint density at radius 2 is 1.96 bits per heavy atom. The Morgan fingerprint density at radius 1 is 1.16 bits per heavy atom. The molecular weight excluding hydrogens is 330 g/mol. The molecule has 0 unspecified atom stereocenters. The van der Waals surface area contributed by atoms with E-state index in [-0.39, 0.29) is 42.6 Å². The summed E-state index contributed by atoms with van der Waals surface area (Å²) in [7, 11) is 0. The molecule has 2 amide bonds. The zero-order chi connectivity index (χ0) is 17.8. The van der Waals surface area contributed by atoms with Gasteiger partial charge in [-0.25, -0.2) is 8.78 Å². The third kappa shape index (κ3) is 4.67. The van der Waals surface area contributed by atoms with E-state index in [1.54, 1.807) is 0 Å². The molecule has 1 aliphatic heterocycles. The largest absolute Gasteiger partial charge is 0.492 e. The van der Waals surface area contributed by atoms with Crippen molar-refractivity contribution >= 4 is 11.8 Å². The van der Waals surface area contributed by atoms with E-state index in [1.165, 1.54) is 6.07 Å². The van der Waals surface area contributed by atoms with Crippen LogP contribution in [-0.2, 0) is 9.59 Å². The molecule has 2 fully saturated rings. The van der Waals surface area contributed by atoms with Crippen molar-refractivity contribution in [2.75, 3.05) is 26.2 Å². The van der Waals surface area contributed by atoms with Crippen LogP contribution in [0, 0.1) is 23.5 Å². The Hall–Kier alpha value is -2.18. The quantitative estimate of drug-likeness (QED) is 0.798. The first kappa shape index (κ1) is 17.6. The number of piperidine rings is 1. The highest BCUT2D eigenvalue weighted by Gasteiger charge is 2.36. The molecule has 7 heteroatoms. The first-order valence-electron chi connectivity index (χ1n) is 8.69. The predicted molar refractivity (Wildman–Crippen MR) is 86.9 cm³/mol. The minimum atomic E-state index is -0.968. The summed E-state index contributed by atoms with van der Waals surface area (Å²) in [5, 5.41) is 2.78. The molecule has 0 bridgehead atoms. The number of hydrogen-bond donors (Lipinski definition) is 1. The molecule has 1 saturated carbocycles. The van der Waals surface area contributed by atoms with Crippen LogP contribution in [0.3, 0.4) is 0 Å². The summed E-state index contributed by atoms with van der Waals surface area (Å²) in [6, 6.07) is 3.30. The zero-order valence-electron chi connectivity index (χ0n) is 14.0. The van der Waals surface area contributed by atoms with Crippen molar-refractivity contribution in [1.29, 1.82) is 0 Å². The normalized spacial score (nSPS) is 20.2. The van der Waals surface area contributed by atoms with Gasteiger partial charge in [0.25, 0.3) is 0 Å². The Labute approximate surface area is 145 Å². The van der Waals surface area contributed by atoms with Gasteiger partial charge < -0.3 is 15.0 Å². The van der Waals surface area contributed by atoms with E-state index in [1.807, 2.05) is 4.90 Å². The van der Waals surface area contributed by atoms with E-state index < -0.39 is 11.6 Å². The molecule has 136 valence electrons. The lowest BCUT2D eigenvalue weighted by Gasteiger charge is -2.32. The standard InChI is InChI=1S/C18H22F2N2O3/c19-15-6-5-14(10-16(15)20)25-9-7-21-17(23)13-2-1-8-22(11-13)18(24)12-3-4-12/h5-6,10,12-13H,1-4,7-9,11H2,(H,21,23)/t13-/m1/s1. The molecule has 1 aromatic rings. The minimum absolute atomic E-state index is 0.0952. The smallest absolute Gasteiger partial charge is 0.225 e. The van der Waals surface area contributed by atoms with Gasteiger partial charge in [-0.1, -0.05) is 0 Å². The molecule has 0 radical (unpaired) electrons. The number of nitrogens with one attached hydrogen (secondary N) is 1. The highest BCUT2D eigenvalue weighted by Crippen LogP contribution is 2.32. The highest BCUT2D eigenvalue weighted by atomic mass is 19.2. The van der Waals surface area contributed by atoms with E-state index in [4.69, 9.17) is 4.74 Å². The van der Waals surface area contributed by atoms with Gasteiger partial charge in [0.05, 0.1) is 12.5 Å². The lowest BCUT2D eigenvalue weighted by atomic mass is 9.97. The van der Waals surface area contributed by atoms with Gasteiger partial charge in [-0.2, -0.15) is 0 Å². The second-order valence-electron chi connectivity index (χ2n) is 6.61. The van der Waals surface area contributed by atoms with E-state index in [9.17, 15) is 18.4 Å². The van der Waals surface area contributed by atoms with E-state index in [0.29, 0.717) is 6.54 Å². The average molecular weight is 352 g/mol. The number of nitrogens with zero attached hydrogens (tertiary/aromatic N) is 1. The number of benzene rings is 1. The summed E-state index contributed by atoms with van der Waals surface area (Å²) in [5.74, 6) is -1.62. The number of likely N-dealkylation sites (tertiary alicyclic amines) is 1. The molecule has 1 atom stereocenters. The van der Waals surface area contributed by atoms with Crippen molar-refractivity contribution in [2.24, 2.45) is 11.8 Å². The third-order valence-corrected chi connectivity index (χ3v) is 4.59. The van der Waals surface area contributed by atoms with Crippen LogP contribution in [0.5, 0.6) is 5.75 Å². The monoisotopic (exact) mass is 352 g/mol. The topological polar surface area (TPSA) is 58.6 Å². The number of amides is 2. The summed E-state index contributed by atoms with van der Waals surface area (Å²) in [6.07, 6.45) is 3.53. The highest BCUT2D eigenvalue weighted by molar-refractivity contribution is 5.83. The van der Waals surface area contributed by atoms with E-state index >= 15 is 0 Å². The number of halogens is 2. The lowest BCUT2D eigenvalue weighted by molar-refractivity contribution is -0.136. The fourth-order valence-corrected chi connectivity index (χ4v) is 3.03. The van der Waals surface area contributed by atoms with Gasteiger partial charge in [0.2, 0.25) is 11.8 Å². The number of ether oxygens (including phenoxy) is 1. The van der Waals surface area contributed by atoms with Crippen molar-refractivity contribution < 1.29 is 23.1 Å². The molecule has 25 heavy (non-hydrogen) atoms. The molecule has 0 aromatic heterocycles. The molecule has 1 N–H and O–H groups in total. The summed E-state index contributed by atoms with van der Waals surface area (Å²) in [6.45, 7) is 1.64. The second-order valence-corrected chi connectivity index (χ2v) is 6.61. The zero-order valence-corrected chi connectivity index (χ0v) is 14.0. The van der Waals surface area contributed by atoms with Gasteiger partial charge in [0.1, 0.15) is 12.4 Å². The molecule has 1 saturated heterocycles. The first-order valence-corrected chi connectivity index (χ1v) is 8.69. The summed E-state index contributed by atoms with van der Waals surface area (Å²) in [5.41, 5.74) is 0. The van der Waals surface area contributed by atoms with Gasteiger partial charge in [-0.15, -0.1) is 0 Å². The number of hydrogen-bond acceptors (Lipinski definition) is 3. The summed E-state index contributed by atoms with van der Waals surface area (Å²) in [4.78, 5) is 26.2. The minimum Gasteiger partial charge on any atom is -0.492 e. The Morgan fingerprint density at radius 3 is 2.68 bits per heavy atom. The molecule has 1 aromatic carbocycles. The SMILES string of the molecule is O=C(NCCOc1ccc(F)c(F)c1)[C@@H]1CCCN(C(=O)C2CC2)C1. The maximum atomic E-state index is 13.1. The Kier molecular flexibility index (Phi) is 5.50. The van der Waals surface area contributed by atoms with Crippen LogP contribution in [0.25, 0.3) is 0 Å². The van der Waals surface area contributed by atoms with Gasteiger partial charge in [-0.05, 0) is 37.8 Å². The van der Waals surface area contributed by atoms with E-state index in [0.717, 1.165) is 44.4 Å². The summed E-state index contributed by atoms with van der Waals surface area (Å²) < 4.78 is 31.2. The summed E-state index contributed by atoms with van der Waals surface area (Å²) >= 11 is 0. The molecular formula is C18H22F2N2O3. The maximum absolute atomic E-state index is 13.1. The van der Waals surface area contributed by atoms with Gasteiger partial charge in [-0.3, -0.25) is 9.59 Å². The number of carbonyl (C=O) groups excluding carboxylic acids is 2. The molecule has 1 heterocycles. The predicted octanol–water partition coefficient (Wildman–Crippen LogP) is 2.11. The van der Waals surface area contributed by atoms with E-state index in [2.05, 4.69) is 5.32 Å². The van der Waals surface area contributed by atoms with Crippen LogP contribution < -0.4 is 10.1 Å². The maximum Gasteiger partial charge on any atom is 0.225 e. The number of carbonyl (C=O) groups is 2. The van der Waals surface area contributed by atoms with Crippen LogP contribution in [0.4, 0.5) is 8.78 Å². The van der Waals surface area contributed by atoms with Crippen LogP contribution in [0.15, 0.2) is 18.2 Å². The molecule has 0 spiro atoms. The van der Waals surface area contributed by atoms with Gasteiger partial charge in [0, 0.05) is 25.1 Å². The fraction of sp³-hybridized carbons (Fsp3) is 0.556. The Balaban J connectivity index is 1.39. The van der Waals surface area contributed by atoms with Gasteiger partial charge >= 0.3 is 0 Å². The Bertz CT molecular complexity index is 649. The van der Waals surface area contributed by atoms with Crippen molar-refractivity contribution in [3.8, 4) is 5.75 Å². The van der Waals surface area contributed by atoms with Crippen molar-refractivity contribution in [3.63, 3.8) is 0 Å². The van der Waals surface area contributed by atoms with Crippen molar-refractivity contribution in [1.82, 2.24) is 10.2 Å². The van der Waals surface area contributed by atoms with Gasteiger partial charge in [0.15, 0.2) is 11.6 Å². The van der Waals surface area contributed by atoms with Crippen LogP contribution in [-0.4, -0.2) is 43.0 Å². The van der Waals surface area contributed by atoms with Crippen LogP contribution in [0.2, 0.25) is 0 Å². The number of rotatable bonds is 6. The van der Waals surface area contributed by atoms with Crippen LogP contribution >= 0.6 is 0 Å². The van der Waals surface area contributed by atoms with Crippen molar-refractivity contribution in [3.05, 3.63) is 29.8 Å². The third-order valence-electron chi connectivity index (χ3n) is 4.59. The molecule has 3 rings (SSSR count). The first-order chi connectivity index (χ1) is 12.0. The lowest BCUT2D eigenvalue weighted by Crippen LogP contribution is -2.46. The second kappa shape index (κ2) is 7.80. The van der Waals surface area contributed by atoms with Crippen LogP contribution in [0.1, 0.15) is 25.7 Å². The molecule has 1 aliphatic carbocycles. The molecule has 5 nitrogen and oxygen atoms in total. The molecule has 2 aliphatic rings. The van der Waals surface area contributed by atoms with Crippen molar-refractivity contribution in [2.45, 2.75) is 25.7 Å².